The van der Waals surface area contributed by atoms with Crippen LogP contribution in [0.4, 0.5) is 0 Å². The summed E-state index contributed by atoms with van der Waals surface area (Å²) in [6, 6.07) is 9.23. The molecule has 104 valence electrons. The van der Waals surface area contributed by atoms with Crippen LogP contribution in [0.25, 0.3) is 0 Å². The van der Waals surface area contributed by atoms with Crippen molar-refractivity contribution in [3.63, 3.8) is 0 Å². The van der Waals surface area contributed by atoms with Crippen molar-refractivity contribution < 1.29 is 4.79 Å². The van der Waals surface area contributed by atoms with Crippen molar-refractivity contribution in [1.29, 1.82) is 0 Å². The van der Waals surface area contributed by atoms with Gasteiger partial charge in [-0.25, -0.2) is 0 Å². The molecule has 19 heavy (non-hydrogen) atoms. The number of rotatable bonds is 6. The molecule has 0 aromatic heterocycles. The van der Waals surface area contributed by atoms with E-state index in [1.807, 2.05) is 4.90 Å². The molecule has 1 saturated carbocycles. The van der Waals surface area contributed by atoms with Crippen molar-refractivity contribution in [2.45, 2.75) is 52.2 Å². The first-order chi connectivity index (χ1) is 9.06. The molecule has 1 aliphatic rings. The molecule has 0 bridgehead atoms. The van der Waals surface area contributed by atoms with Gasteiger partial charge in [0.2, 0.25) is 5.91 Å². The third kappa shape index (κ3) is 4.35. The van der Waals surface area contributed by atoms with Gasteiger partial charge >= 0.3 is 0 Å². The van der Waals surface area contributed by atoms with E-state index in [1.165, 1.54) is 11.1 Å². The summed E-state index contributed by atoms with van der Waals surface area (Å²) >= 11 is 0. The molecule has 3 heteroatoms. The third-order valence-corrected chi connectivity index (χ3v) is 3.40. The molecule has 1 amide bonds. The summed E-state index contributed by atoms with van der Waals surface area (Å²) < 4.78 is 0. The summed E-state index contributed by atoms with van der Waals surface area (Å²) in [4.78, 5) is 14.3. The van der Waals surface area contributed by atoms with Crippen molar-refractivity contribution in [2.75, 3.05) is 6.54 Å². The summed E-state index contributed by atoms with van der Waals surface area (Å²) in [6.45, 7) is 7.41. The van der Waals surface area contributed by atoms with Crippen molar-refractivity contribution in [3.05, 3.63) is 35.4 Å². The highest BCUT2D eigenvalue weighted by Crippen LogP contribution is 2.28. The average Bonchev–Trinajstić information content (AvgIpc) is 3.17. The van der Waals surface area contributed by atoms with E-state index in [2.05, 4.69) is 50.4 Å². The maximum Gasteiger partial charge on any atom is 0.237 e. The fourth-order valence-electron chi connectivity index (χ4n) is 2.21. The molecule has 1 N–H and O–H groups in total. The van der Waals surface area contributed by atoms with Crippen molar-refractivity contribution in [2.24, 2.45) is 0 Å². The largest absolute Gasteiger partial charge is 0.334 e. The van der Waals surface area contributed by atoms with E-state index in [4.69, 9.17) is 0 Å². The van der Waals surface area contributed by atoms with E-state index in [-0.39, 0.29) is 5.91 Å². The highest BCUT2D eigenvalue weighted by atomic mass is 16.2. The lowest BCUT2D eigenvalue weighted by molar-refractivity contribution is -0.131. The first kappa shape index (κ1) is 14.1. The van der Waals surface area contributed by atoms with Crippen LogP contribution in [0.15, 0.2) is 24.3 Å². The highest BCUT2D eigenvalue weighted by Gasteiger charge is 2.32. The minimum atomic E-state index is 0.220. The highest BCUT2D eigenvalue weighted by molar-refractivity contribution is 5.79. The van der Waals surface area contributed by atoms with E-state index in [9.17, 15) is 4.79 Å². The number of nitrogens with zero attached hydrogens (tertiary/aromatic N) is 1. The molecule has 3 nitrogen and oxygen atoms in total. The van der Waals surface area contributed by atoms with Gasteiger partial charge in [0.15, 0.2) is 0 Å². The standard InChI is InChI=1S/C16H24N2O/c1-12(2)17-10-16(19)18(15-7-8-15)11-14-6-4-5-13(3)9-14/h4-6,9,12,15,17H,7-8,10-11H2,1-3H3. The maximum absolute atomic E-state index is 12.3. The summed E-state index contributed by atoms with van der Waals surface area (Å²) in [7, 11) is 0. The van der Waals surface area contributed by atoms with Crippen molar-refractivity contribution in [1.82, 2.24) is 10.2 Å². The van der Waals surface area contributed by atoms with Gasteiger partial charge in [-0.1, -0.05) is 43.7 Å². The molecule has 0 unspecified atom stereocenters. The molecule has 0 heterocycles. The predicted molar refractivity (Wildman–Crippen MR) is 77.9 cm³/mol. The number of hydrogen-bond donors (Lipinski definition) is 1. The number of carbonyl (C=O) groups excluding carboxylic acids is 1. The van der Waals surface area contributed by atoms with E-state index in [0.717, 1.165) is 19.4 Å². The second-order valence-electron chi connectivity index (χ2n) is 5.78. The van der Waals surface area contributed by atoms with Crippen LogP contribution in [0, 0.1) is 6.92 Å². The van der Waals surface area contributed by atoms with Gasteiger partial charge in [-0.3, -0.25) is 4.79 Å². The summed E-state index contributed by atoms with van der Waals surface area (Å²) in [6.07, 6.45) is 2.30. The summed E-state index contributed by atoms with van der Waals surface area (Å²) in [5, 5.41) is 3.21. The summed E-state index contributed by atoms with van der Waals surface area (Å²) in [5.74, 6) is 0.220. The zero-order valence-corrected chi connectivity index (χ0v) is 12.1. The Kier molecular flexibility index (Phi) is 4.59. The van der Waals surface area contributed by atoms with Crippen LogP contribution in [0.2, 0.25) is 0 Å². The Morgan fingerprint density at radius 3 is 2.74 bits per heavy atom. The minimum absolute atomic E-state index is 0.220. The molecule has 1 aromatic rings. The lowest BCUT2D eigenvalue weighted by Gasteiger charge is -2.23. The van der Waals surface area contributed by atoms with Gasteiger partial charge in [-0.2, -0.15) is 0 Å². The Balaban J connectivity index is 1.98. The molecule has 2 rings (SSSR count). The first-order valence-electron chi connectivity index (χ1n) is 7.14. The van der Waals surface area contributed by atoms with Gasteiger partial charge in [0.05, 0.1) is 6.54 Å². The van der Waals surface area contributed by atoms with Crippen LogP contribution >= 0.6 is 0 Å². The van der Waals surface area contributed by atoms with Crippen LogP contribution in [0.3, 0.4) is 0 Å². The Labute approximate surface area is 116 Å². The summed E-state index contributed by atoms with van der Waals surface area (Å²) in [5.41, 5.74) is 2.48. The molecule has 1 aromatic carbocycles. The Morgan fingerprint density at radius 1 is 1.42 bits per heavy atom. The smallest absolute Gasteiger partial charge is 0.237 e. The number of hydrogen-bond acceptors (Lipinski definition) is 2. The van der Waals surface area contributed by atoms with Crippen molar-refractivity contribution in [3.8, 4) is 0 Å². The quantitative estimate of drug-likeness (QED) is 0.852. The van der Waals surface area contributed by atoms with Gasteiger partial charge in [0, 0.05) is 18.6 Å². The average molecular weight is 260 g/mol. The van der Waals surface area contributed by atoms with E-state index in [1.54, 1.807) is 0 Å². The molecule has 0 radical (unpaired) electrons. The van der Waals surface area contributed by atoms with Crippen LogP contribution in [-0.2, 0) is 11.3 Å². The lowest BCUT2D eigenvalue weighted by atomic mass is 10.1. The zero-order chi connectivity index (χ0) is 13.8. The van der Waals surface area contributed by atoms with Gasteiger partial charge < -0.3 is 10.2 Å². The molecular formula is C16H24N2O. The Hall–Kier alpha value is -1.35. The zero-order valence-electron chi connectivity index (χ0n) is 12.1. The fourth-order valence-corrected chi connectivity index (χ4v) is 2.21. The molecular weight excluding hydrogens is 236 g/mol. The molecule has 0 aliphatic heterocycles. The van der Waals surface area contributed by atoms with Gasteiger partial charge in [0.1, 0.15) is 0 Å². The van der Waals surface area contributed by atoms with E-state index < -0.39 is 0 Å². The van der Waals surface area contributed by atoms with Crippen LogP contribution in [0.1, 0.15) is 37.8 Å². The predicted octanol–water partition coefficient (Wildman–Crippen LogP) is 2.48. The SMILES string of the molecule is Cc1cccc(CN(C(=O)CNC(C)C)C2CC2)c1. The fraction of sp³-hybridized carbons (Fsp3) is 0.562. The molecule has 1 aliphatic carbocycles. The van der Waals surface area contributed by atoms with Crippen LogP contribution in [0.5, 0.6) is 0 Å². The monoisotopic (exact) mass is 260 g/mol. The molecule has 0 atom stereocenters. The van der Waals surface area contributed by atoms with Gasteiger partial charge in [-0.15, -0.1) is 0 Å². The Morgan fingerprint density at radius 2 is 2.16 bits per heavy atom. The van der Waals surface area contributed by atoms with E-state index in [0.29, 0.717) is 18.6 Å². The minimum Gasteiger partial charge on any atom is -0.334 e. The van der Waals surface area contributed by atoms with Crippen LogP contribution < -0.4 is 5.32 Å². The molecule has 1 fully saturated rings. The van der Waals surface area contributed by atoms with Crippen molar-refractivity contribution >= 4 is 5.91 Å². The maximum atomic E-state index is 12.3. The second-order valence-corrected chi connectivity index (χ2v) is 5.78. The Bertz CT molecular complexity index is 438. The number of carbonyl (C=O) groups is 1. The normalized spacial score (nSPS) is 14.7. The van der Waals surface area contributed by atoms with Crippen LogP contribution in [-0.4, -0.2) is 29.4 Å². The molecule has 0 saturated heterocycles. The number of nitrogens with one attached hydrogen (secondary N) is 1. The first-order valence-corrected chi connectivity index (χ1v) is 7.14. The number of amides is 1. The second kappa shape index (κ2) is 6.20. The third-order valence-electron chi connectivity index (χ3n) is 3.40. The van der Waals surface area contributed by atoms with E-state index >= 15 is 0 Å². The number of aryl methyl sites for hydroxylation is 1. The molecule has 0 spiro atoms. The number of benzene rings is 1. The van der Waals surface area contributed by atoms with Gasteiger partial charge in [0.25, 0.3) is 0 Å². The topological polar surface area (TPSA) is 32.3 Å². The van der Waals surface area contributed by atoms with Gasteiger partial charge in [-0.05, 0) is 25.3 Å². The lowest BCUT2D eigenvalue weighted by Crippen LogP contribution is -2.41.